The summed E-state index contributed by atoms with van der Waals surface area (Å²) in [6.45, 7) is 2.63. The van der Waals surface area contributed by atoms with Crippen molar-refractivity contribution in [1.82, 2.24) is 15.1 Å². The molecule has 114 valence electrons. The molecule has 0 aliphatic carbocycles. The maximum atomic E-state index is 12.5. The highest BCUT2D eigenvalue weighted by Gasteiger charge is 2.34. The van der Waals surface area contributed by atoms with Gasteiger partial charge in [0.25, 0.3) is 5.91 Å². The number of carbonyl (C=O) groups excluding carboxylic acids is 1. The van der Waals surface area contributed by atoms with Crippen LogP contribution in [0, 0.1) is 0 Å². The summed E-state index contributed by atoms with van der Waals surface area (Å²) < 4.78 is 0. The smallest absolute Gasteiger partial charge is 0.353 e. The minimum atomic E-state index is -1.12. The molecule has 2 heterocycles. The Bertz CT molecular complexity index is 696. The zero-order valence-electron chi connectivity index (χ0n) is 12.2. The molecule has 1 aliphatic rings. The van der Waals surface area contributed by atoms with Crippen molar-refractivity contribution in [3.63, 3.8) is 0 Å². The van der Waals surface area contributed by atoms with Gasteiger partial charge in [-0.05, 0) is 18.9 Å². The maximum absolute atomic E-state index is 12.5. The van der Waals surface area contributed by atoms with Gasteiger partial charge in [0, 0.05) is 24.6 Å². The van der Waals surface area contributed by atoms with Gasteiger partial charge in [0.05, 0.1) is 0 Å². The molecule has 2 atom stereocenters. The Morgan fingerprint density at radius 1 is 1.32 bits per heavy atom. The molecule has 0 radical (unpaired) electrons. The number of likely N-dealkylation sites (tertiary alicyclic amines) is 1. The number of carboxylic acid groups (broad SMARTS) is 1. The Hall–Kier alpha value is -2.63. The molecule has 2 aromatic rings. The first-order chi connectivity index (χ1) is 10.6. The number of carbonyl (C=O) groups is 2. The number of hydrogen-bond acceptors (Lipinski definition) is 3. The summed E-state index contributed by atoms with van der Waals surface area (Å²) >= 11 is 0. The van der Waals surface area contributed by atoms with Gasteiger partial charge in [-0.25, -0.2) is 4.79 Å². The van der Waals surface area contributed by atoms with Crippen LogP contribution < -0.4 is 0 Å². The van der Waals surface area contributed by atoms with Gasteiger partial charge in [-0.3, -0.25) is 9.89 Å². The van der Waals surface area contributed by atoms with E-state index in [2.05, 4.69) is 22.3 Å². The van der Waals surface area contributed by atoms with Gasteiger partial charge >= 0.3 is 5.97 Å². The van der Waals surface area contributed by atoms with Crippen molar-refractivity contribution in [2.75, 3.05) is 6.54 Å². The first kappa shape index (κ1) is 14.3. The Morgan fingerprint density at radius 2 is 2.05 bits per heavy atom. The predicted molar refractivity (Wildman–Crippen MR) is 79.8 cm³/mol. The molecule has 6 heteroatoms. The molecule has 1 fully saturated rings. The Morgan fingerprint density at radius 3 is 2.68 bits per heavy atom. The third-order valence-corrected chi connectivity index (χ3v) is 4.13. The lowest BCUT2D eigenvalue weighted by Gasteiger charge is -2.20. The van der Waals surface area contributed by atoms with E-state index in [-0.39, 0.29) is 23.3 Å². The van der Waals surface area contributed by atoms with E-state index in [1.54, 1.807) is 4.90 Å². The number of aromatic carboxylic acids is 1. The molecular weight excluding hydrogens is 282 g/mol. The standard InChI is InChI=1S/C16H17N3O3/c1-10-7-12(11-5-3-2-4-6-11)9-19(10)15(20)13-8-14(16(21)22)18-17-13/h2-6,8,10,12H,7,9H2,1H3,(H,17,18)(H,21,22). The number of hydrogen-bond donors (Lipinski definition) is 2. The van der Waals surface area contributed by atoms with Crippen LogP contribution in [0.1, 0.15) is 45.8 Å². The minimum absolute atomic E-state index is 0.0743. The average Bonchev–Trinajstić information content (AvgIpc) is 3.14. The van der Waals surface area contributed by atoms with Crippen molar-refractivity contribution < 1.29 is 14.7 Å². The first-order valence-corrected chi connectivity index (χ1v) is 7.21. The van der Waals surface area contributed by atoms with Gasteiger partial charge in [0.1, 0.15) is 5.69 Å². The summed E-state index contributed by atoms with van der Waals surface area (Å²) in [6.07, 6.45) is 0.895. The fourth-order valence-corrected chi connectivity index (χ4v) is 2.97. The Kier molecular flexibility index (Phi) is 3.66. The SMILES string of the molecule is CC1CC(c2ccccc2)CN1C(=O)c1cc(C(=O)O)[nH]n1. The summed E-state index contributed by atoms with van der Waals surface area (Å²) in [4.78, 5) is 25.1. The second kappa shape index (κ2) is 5.63. The van der Waals surface area contributed by atoms with Crippen molar-refractivity contribution >= 4 is 11.9 Å². The number of amides is 1. The second-order valence-electron chi connectivity index (χ2n) is 5.62. The van der Waals surface area contributed by atoms with Gasteiger partial charge in [-0.2, -0.15) is 5.10 Å². The minimum Gasteiger partial charge on any atom is -0.477 e. The van der Waals surface area contributed by atoms with Gasteiger partial charge in [-0.1, -0.05) is 30.3 Å². The lowest BCUT2D eigenvalue weighted by atomic mass is 9.97. The quantitative estimate of drug-likeness (QED) is 0.909. The van der Waals surface area contributed by atoms with Crippen LogP contribution >= 0.6 is 0 Å². The molecule has 1 amide bonds. The van der Waals surface area contributed by atoms with E-state index < -0.39 is 5.97 Å². The van der Waals surface area contributed by atoms with Crippen LogP contribution in [-0.2, 0) is 0 Å². The third kappa shape index (κ3) is 2.59. The average molecular weight is 299 g/mol. The first-order valence-electron chi connectivity index (χ1n) is 7.21. The summed E-state index contributed by atoms with van der Waals surface area (Å²) in [5.74, 6) is -1.05. The van der Waals surface area contributed by atoms with E-state index in [1.807, 2.05) is 25.1 Å². The Labute approximate surface area is 127 Å². The monoisotopic (exact) mass is 299 g/mol. The van der Waals surface area contributed by atoms with Gasteiger partial charge in [0.2, 0.25) is 0 Å². The molecule has 0 saturated carbocycles. The molecule has 1 aliphatic heterocycles. The van der Waals surface area contributed by atoms with E-state index in [9.17, 15) is 9.59 Å². The fourth-order valence-electron chi connectivity index (χ4n) is 2.97. The van der Waals surface area contributed by atoms with E-state index >= 15 is 0 Å². The third-order valence-electron chi connectivity index (χ3n) is 4.13. The molecule has 1 aromatic heterocycles. The van der Waals surface area contributed by atoms with Crippen LogP contribution in [0.25, 0.3) is 0 Å². The summed E-state index contributed by atoms with van der Waals surface area (Å²) in [5.41, 5.74) is 1.30. The molecule has 2 unspecified atom stereocenters. The van der Waals surface area contributed by atoms with E-state index in [0.717, 1.165) is 6.42 Å². The molecule has 22 heavy (non-hydrogen) atoms. The van der Waals surface area contributed by atoms with Crippen molar-refractivity contribution in [3.8, 4) is 0 Å². The number of aromatic amines is 1. The second-order valence-corrected chi connectivity index (χ2v) is 5.62. The largest absolute Gasteiger partial charge is 0.477 e. The van der Waals surface area contributed by atoms with Crippen molar-refractivity contribution in [1.29, 1.82) is 0 Å². The van der Waals surface area contributed by atoms with E-state index in [4.69, 9.17) is 5.11 Å². The van der Waals surface area contributed by atoms with Crippen LogP contribution in [0.3, 0.4) is 0 Å². The lowest BCUT2D eigenvalue weighted by molar-refractivity contribution is 0.0689. The van der Waals surface area contributed by atoms with Crippen molar-refractivity contribution in [2.24, 2.45) is 0 Å². The number of benzene rings is 1. The molecule has 6 nitrogen and oxygen atoms in total. The van der Waals surface area contributed by atoms with Crippen molar-refractivity contribution in [3.05, 3.63) is 53.3 Å². The zero-order chi connectivity index (χ0) is 15.7. The number of nitrogens with zero attached hydrogens (tertiary/aromatic N) is 2. The molecule has 1 aromatic carbocycles. The van der Waals surface area contributed by atoms with Crippen LogP contribution in [0.5, 0.6) is 0 Å². The number of aromatic nitrogens is 2. The number of carboxylic acids is 1. The predicted octanol–water partition coefficient (Wildman–Crippen LogP) is 2.13. The number of H-pyrrole nitrogens is 1. The summed E-state index contributed by atoms with van der Waals surface area (Å²) in [6, 6.07) is 11.5. The van der Waals surface area contributed by atoms with E-state index in [0.29, 0.717) is 12.5 Å². The highest BCUT2D eigenvalue weighted by Crippen LogP contribution is 2.32. The maximum Gasteiger partial charge on any atom is 0.353 e. The van der Waals surface area contributed by atoms with Crippen LogP contribution in [0.2, 0.25) is 0 Å². The number of nitrogens with one attached hydrogen (secondary N) is 1. The van der Waals surface area contributed by atoms with Crippen LogP contribution in [0.15, 0.2) is 36.4 Å². The lowest BCUT2D eigenvalue weighted by Crippen LogP contribution is -2.34. The molecule has 2 N–H and O–H groups in total. The van der Waals surface area contributed by atoms with Crippen LogP contribution in [0.4, 0.5) is 0 Å². The number of rotatable bonds is 3. The molecule has 0 bridgehead atoms. The molecule has 0 spiro atoms. The molecular formula is C16H17N3O3. The van der Waals surface area contributed by atoms with Crippen molar-refractivity contribution in [2.45, 2.75) is 25.3 Å². The zero-order valence-corrected chi connectivity index (χ0v) is 12.2. The van der Waals surface area contributed by atoms with Gasteiger partial charge in [0.15, 0.2) is 5.69 Å². The molecule has 1 saturated heterocycles. The van der Waals surface area contributed by atoms with Gasteiger partial charge in [-0.15, -0.1) is 0 Å². The fraction of sp³-hybridized carbons (Fsp3) is 0.312. The summed E-state index contributed by atoms with van der Waals surface area (Å²) in [7, 11) is 0. The molecule has 3 rings (SSSR count). The van der Waals surface area contributed by atoms with E-state index in [1.165, 1.54) is 11.6 Å². The Balaban J connectivity index is 1.77. The highest BCUT2D eigenvalue weighted by atomic mass is 16.4. The van der Waals surface area contributed by atoms with Gasteiger partial charge < -0.3 is 10.0 Å². The normalized spacial score (nSPS) is 21.0. The van der Waals surface area contributed by atoms with Crippen LogP contribution in [-0.4, -0.2) is 44.7 Å². The topological polar surface area (TPSA) is 86.3 Å². The summed E-state index contributed by atoms with van der Waals surface area (Å²) in [5, 5.41) is 15.1. The highest BCUT2D eigenvalue weighted by molar-refractivity contribution is 5.95.